The van der Waals surface area contributed by atoms with Crippen LogP contribution in [0.2, 0.25) is 0 Å². The molecule has 0 spiro atoms. The molecular weight excluding hydrogens is 316 g/mol. The second-order valence-electron chi connectivity index (χ2n) is 5.96. The molecule has 25 heavy (non-hydrogen) atoms. The molecule has 2 rings (SSSR count). The van der Waals surface area contributed by atoms with Crippen LogP contribution in [0.1, 0.15) is 18.5 Å². The maximum Gasteiger partial charge on any atom is 0.234 e. The SMILES string of the molecule is COc1ccc(OCCN(C)CC(=O)NC(C)c2ccccc2)cc1. The van der Waals surface area contributed by atoms with Crippen molar-refractivity contribution < 1.29 is 14.3 Å². The van der Waals surface area contributed by atoms with Crippen LogP contribution in [0.15, 0.2) is 54.6 Å². The van der Waals surface area contributed by atoms with Gasteiger partial charge in [-0.15, -0.1) is 0 Å². The molecule has 0 saturated carbocycles. The van der Waals surface area contributed by atoms with Crippen molar-refractivity contribution in [3.05, 3.63) is 60.2 Å². The molecule has 5 nitrogen and oxygen atoms in total. The van der Waals surface area contributed by atoms with Crippen LogP contribution in [0.4, 0.5) is 0 Å². The zero-order valence-electron chi connectivity index (χ0n) is 15.1. The summed E-state index contributed by atoms with van der Waals surface area (Å²) in [6.07, 6.45) is 0. The first-order chi connectivity index (χ1) is 12.1. The zero-order chi connectivity index (χ0) is 18.1. The molecule has 2 aromatic carbocycles. The van der Waals surface area contributed by atoms with Crippen LogP contribution in [0.5, 0.6) is 11.5 Å². The lowest BCUT2D eigenvalue weighted by molar-refractivity contribution is -0.122. The molecule has 0 heterocycles. The van der Waals surface area contributed by atoms with Crippen molar-refractivity contribution >= 4 is 5.91 Å². The summed E-state index contributed by atoms with van der Waals surface area (Å²) in [5, 5.41) is 3.01. The normalized spacial score (nSPS) is 11.8. The molecule has 0 aliphatic heterocycles. The summed E-state index contributed by atoms with van der Waals surface area (Å²) in [7, 11) is 3.54. The first-order valence-corrected chi connectivity index (χ1v) is 8.38. The predicted molar refractivity (Wildman–Crippen MR) is 99.0 cm³/mol. The van der Waals surface area contributed by atoms with Crippen LogP contribution < -0.4 is 14.8 Å². The number of ether oxygens (including phenoxy) is 2. The number of nitrogens with one attached hydrogen (secondary N) is 1. The molecule has 0 saturated heterocycles. The van der Waals surface area contributed by atoms with Gasteiger partial charge in [0.1, 0.15) is 18.1 Å². The van der Waals surface area contributed by atoms with Gasteiger partial charge in [0.05, 0.1) is 19.7 Å². The highest BCUT2D eigenvalue weighted by Gasteiger charge is 2.11. The topological polar surface area (TPSA) is 50.8 Å². The average Bonchev–Trinajstić information content (AvgIpc) is 2.63. The summed E-state index contributed by atoms with van der Waals surface area (Å²) in [6, 6.07) is 17.4. The van der Waals surface area contributed by atoms with E-state index in [0.717, 1.165) is 17.1 Å². The van der Waals surface area contributed by atoms with E-state index in [9.17, 15) is 4.79 Å². The fourth-order valence-electron chi connectivity index (χ4n) is 2.43. The van der Waals surface area contributed by atoms with Crippen LogP contribution in [0.3, 0.4) is 0 Å². The Morgan fingerprint density at radius 3 is 2.36 bits per heavy atom. The second kappa shape index (κ2) is 9.69. The highest BCUT2D eigenvalue weighted by molar-refractivity contribution is 5.78. The van der Waals surface area contributed by atoms with E-state index in [0.29, 0.717) is 19.7 Å². The van der Waals surface area contributed by atoms with Gasteiger partial charge < -0.3 is 14.8 Å². The molecule has 1 amide bonds. The van der Waals surface area contributed by atoms with Crippen molar-refractivity contribution in [2.45, 2.75) is 13.0 Å². The molecule has 1 unspecified atom stereocenters. The van der Waals surface area contributed by atoms with Crippen LogP contribution in [-0.4, -0.2) is 44.7 Å². The molecule has 0 fully saturated rings. The lowest BCUT2D eigenvalue weighted by atomic mass is 10.1. The number of carbonyl (C=O) groups excluding carboxylic acids is 1. The molecule has 0 radical (unpaired) electrons. The highest BCUT2D eigenvalue weighted by Crippen LogP contribution is 2.16. The second-order valence-corrected chi connectivity index (χ2v) is 5.96. The number of rotatable bonds is 9. The third kappa shape index (κ3) is 6.47. The van der Waals surface area contributed by atoms with Gasteiger partial charge in [-0.1, -0.05) is 30.3 Å². The number of methoxy groups -OCH3 is 1. The van der Waals surface area contributed by atoms with E-state index in [1.807, 2.05) is 73.5 Å². The van der Waals surface area contributed by atoms with E-state index in [1.165, 1.54) is 0 Å². The number of benzene rings is 2. The van der Waals surface area contributed by atoms with E-state index in [1.54, 1.807) is 7.11 Å². The van der Waals surface area contributed by atoms with Gasteiger partial charge in [-0.25, -0.2) is 0 Å². The van der Waals surface area contributed by atoms with Crippen molar-refractivity contribution in [1.82, 2.24) is 10.2 Å². The first kappa shape index (κ1) is 18.8. The summed E-state index contributed by atoms with van der Waals surface area (Å²) in [6.45, 7) is 3.51. The zero-order valence-corrected chi connectivity index (χ0v) is 15.1. The number of amides is 1. The number of likely N-dealkylation sites (N-methyl/N-ethyl adjacent to an activating group) is 1. The van der Waals surface area contributed by atoms with E-state index in [2.05, 4.69) is 5.32 Å². The molecule has 1 atom stereocenters. The summed E-state index contributed by atoms with van der Waals surface area (Å²) in [4.78, 5) is 14.1. The number of carbonyl (C=O) groups is 1. The maximum absolute atomic E-state index is 12.1. The van der Waals surface area contributed by atoms with Gasteiger partial charge in [0.15, 0.2) is 0 Å². The number of nitrogens with zero attached hydrogens (tertiary/aromatic N) is 1. The largest absolute Gasteiger partial charge is 0.497 e. The summed E-state index contributed by atoms with van der Waals surface area (Å²) in [5.41, 5.74) is 1.10. The Morgan fingerprint density at radius 2 is 1.72 bits per heavy atom. The van der Waals surface area contributed by atoms with Crippen LogP contribution in [0.25, 0.3) is 0 Å². The van der Waals surface area contributed by atoms with E-state index >= 15 is 0 Å². The van der Waals surface area contributed by atoms with Gasteiger partial charge in [0, 0.05) is 6.54 Å². The number of hydrogen-bond donors (Lipinski definition) is 1. The van der Waals surface area contributed by atoms with E-state index in [4.69, 9.17) is 9.47 Å². The Bertz CT molecular complexity index is 644. The van der Waals surface area contributed by atoms with Crippen LogP contribution >= 0.6 is 0 Å². The third-order valence-electron chi connectivity index (χ3n) is 3.89. The van der Waals surface area contributed by atoms with Crippen molar-refractivity contribution in [2.75, 3.05) is 33.9 Å². The smallest absolute Gasteiger partial charge is 0.234 e. The molecule has 0 aromatic heterocycles. The van der Waals surface area contributed by atoms with Gasteiger partial charge in [-0.3, -0.25) is 9.69 Å². The van der Waals surface area contributed by atoms with Gasteiger partial charge in [-0.2, -0.15) is 0 Å². The first-order valence-electron chi connectivity index (χ1n) is 8.38. The Morgan fingerprint density at radius 1 is 1.08 bits per heavy atom. The van der Waals surface area contributed by atoms with E-state index < -0.39 is 0 Å². The Labute approximate surface area is 149 Å². The van der Waals surface area contributed by atoms with Crippen molar-refractivity contribution in [3.63, 3.8) is 0 Å². The maximum atomic E-state index is 12.1. The molecule has 0 aliphatic rings. The number of hydrogen-bond acceptors (Lipinski definition) is 4. The quantitative estimate of drug-likeness (QED) is 0.761. The van der Waals surface area contributed by atoms with Gasteiger partial charge in [-0.05, 0) is 43.8 Å². The fraction of sp³-hybridized carbons (Fsp3) is 0.350. The van der Waals surface area contributed by atoms with Crippen LogP contribution in [-0.2, 0) is 4.79 Å². The van der Waals surface area contributed by atoms with Gasteiger partial charge >= 0.3 is 0 Å². The Hall–Kier alpha value is -2.53. The van der Waals surface area contributed by atoms with Gasteiger partial charge in [0.25, 0.3) is 0 Å². The Balaban J connectivity index is 1.68. The van der Waals surface area contributed by atoms with Crippen molar-refractivity contribution in [2.24, 2.45) is 0 Å². The molecule has 1 N–H and O–H groups in total. The standard InChI is InChI=1S/C20H26N2O3/c1-16(17-7-5-4-6-8-17)21-20(23)15-22(2)13-14-25-19-11-9-18(24-3)10-12-19/h4-12,16H,13-15H2,1-3H3,(H,21,23). The summed E-state index contributed by atoms with van der Waals surface area (Å²) >= 11 is 0. The lowest BCUT2D eigenvalue weighted by Gasteiger charge is -2.19. The van der Waals surface area contributed by atoms with Gasteiger partial charge in [0.2, 0.25) is 5.91 Å². The average molecular weight is 342 g/mol. The minimum absolute atomic E-state index is 0.00218. The molecular formula is C20H26N2O3. The van der Waals surface area contributed by atoms with E-state index in [-0.39, 0.29) is 11.9 Å². The molecule has 0 aliphatic carbocycles. The predicted octanol–water partition coefficient (Wildman–Crippen LogP) is 2.88. The summed E-state index contributed by atoms with van der Waals surface area (Å²) < 4.78 is 10.8. The molecule has 0 bridgehead atoms. The highest BCUT2D eigenvalue weighted by atomic mass is 16.5. The fourth-order valence-corrected chi connectivity index (χ4v) is 2.43. The monoisotopic (exact) mass is 342 g/mol. The summed E-state index contributed by atoms with van der Waals surface area (Å²) in [5.74, 6) is 1.59. The third-order valence-corrected chi connectivity index (χ3v) is 3.89. The van der Waals surface area contributed by atoms with Crippen LogP contribution in [0, 0.1) is 0 Å². The molecule has 2 aromatic rings. The molecule has 5 heteroatoms. The minimum atomic E-state index is -0.00218. The lowest BCUT2D eigenvalue weighted by Crippen LogP contribution is -2.38. The van der Waals surface area contributed by atoms with Crippen molar-refractivity contribution in [1.29, 1.82) is 0 Å². The van der Waals surface area contributed by atoms with Crippen molar-refractivity contribution in [3.8, 4) is 11.5 Å². The molecule has 134 valence electrons. The Kier molecular flexibility index (Phi) is 7.29. The minimum Gasteiger partial charge on any atom is -0.497 e.